The number of nitrogens with one attached hydrogen (secondary N) is 2. The zero-order valence-electron chi connectivity index (χ0n) is 11.4. The topological polar surface area (TPSA) is 129 Å². The molecule has 0 unspecified atom stereocenters. The summed E-state index contributed by atoms with van der Waals surface area (Å²) in [4.78, 5) is 12.2. The summed E-state index contributed by atoms with van der Waals surface area (Å²) in [5, 5.41) is 10.8. The second-order valence-corrected chi connectivity index (χ2v) is 3.97. The highest BCUT2D eigenvalue weighted by Crippen LogP contribution is 2.11. The van der Waals surface area contributed by atoms with Crippen molar-refractivity contribution < 1.29 is 4.74 Å². The lowest BCUT2D eigenvalue weighted by Crippen LogP contribution is -2.15. The monoisotopic (exact) mass is 279 g/mol. The van der Waals surface area contributed by atoms with E-state index in [9.17, 15) is 0 Å². The van der Waals surface area contributed by atoms with Gasteiger partial charge in [0.1, 0.15) is 6.33 Å². The van der Waals surface area contributed by atoms with Gasteiger partial charge in [-0.1, -0.05) is 6.92 Å². The zero-order chi connectivity index (χ0) is 14.4. The molecule has 2 heterocycles. The Hall–Kier alpha value is -2.49. The zero-order valence-corrected chi connectivity index (χ0v) is 11.4. The maximum Gasteiger partial charge on any atom is 0.323 e. The second-order valence-electron chi connectivity index (χ2n) is 3.97. The van der Waals surface area contributed by atoms with E-state index in [1.807, 2.05) is 14.0 Å². The summed E-state index contributed by atoms with van der Waals surface area (Å²) >= 11 is 0. The number of ether oxygens (including phenoxy) is 1. The number of nitrogens with zero attached hydrogens (tertiary/aromatic N) is 6. The minimum atomic E-state index is 0.218. The number of aryl methyl sites for hydroxylation is 1. The van der Waals surface area contributed by atoms with Crippen molar-refractivity contribution in [3.05, 3.63) is 12.2 Å². The third-order valence-corrected chi connectivity index (χ3v) is 2.39. The van der Waals surface area contributed by atoms with Crippen molar-refractivity contribution in [2.45, 2.75) is 19.9 Å². The summed E-state index contributed by atoms with van der Waals surface area (Å²) in [6, 6.07) is 0.218. The third-order valence-electron chi connectivity index (χ3n) is 2.39. The van der Waals surface area contributed by atoms with Crippen LogP contribution < -0.4 is 21.3 Å². The lowest BCUT2D eigenvalue weighted by molar-refractivity contribution is 0.292. The van der Waals surface area contributed by atoms with Crippen LogP contribution >= 0.6 is 0 Å². The van der Waals surface area contributed by atoms with Crippen LogP contribution in [0.5, 0.6) is 6.01 Å². The number of anilines is 2. The average Bonchev–Trinajstić information content (AvgIpc) is 2.88. The highest BCUT2D eigenvalue weighted by Gasteiger charge is 2.08. The van der Waals surface area contributed by atoms with Gasteiger partial charge in [-0.15, -0.1) is 10.2 Å². The summed E-state index contributed by atoms with van der Waals surface area (Å²) < 4.78 is 7.16. The van der Waals surface area contributed by atoms with Gasteiger partial charge in [0.05, 0.1) is 13.2 Å². The van der Waals surface area contributed by atoms with Gasteiger partial charge in [-0.3, -0.25) is 5.43 Å². The quantitative estimate of drug-likeness (QED) is 0.461. The average molecular weight is 279 g/mol. The van der Waals surface area contributed by atoms with Crippen LogP contribution in [-0.2, 0) is 13.6 Å². The Morgan fingerprint density at radius 2 is 2.10 bits per heavy atom. The number of nitrogen functional groups attached to an aromatic ring is 1. The number of hydrogen-bond donors (Lipinski definition) is 3. The SMILES string of the molecule is CCCOc1nc(NN)nc(NCc2nncn2C)n1. The number of nitrogens with two attached hydrogens (primary N) is 1. The Morgan fingerprint density at radius 3 is 2.75 bits per heavy atom. The fourth-order valence-corrected chi connectivity index (χ4v) is 1.38. The fourth-order valence-electron chi connectivity index (χ4n) is 1.38. The van der Waals surface area contributed by atoms with Gasteiger partial charge in [0.25, 0.3) is 0 Å². The molecule has 2 aromatic rings. The van der Waals surface area contributed by atoms with E-state index in [2.05, 4.69) is 35.9 Å². The lowest BCUT2D eigenvalue weighted by Gasteiger charge is -2.08. The number of hydrazine groups is 1. The van der Waals surface area contributed by atoms with Gasteiger partial charge in [-0.05, 0) is 6.42 Å². The first-order valence-corrected chi connectivity index (χ1v) is 6.15. The largest absolute Gasteiger partial charge is 0.463 e. The van der Waals surface area contributed by atoms with E-state index in [0.717, 1.165) is 12.2 Å². The van der Waals surface area contributed by atoms with Crippen LogP contribution in [0, 0.1) is 0 Å². The lowest BCUT2D eigenvalue weighted by atomic mass is 10.5. The molecule has 0 radical (unpaired) electrons. The van der Waals surface area contributed by atoms with E-state index in [1.165, 1.54) is 0 Å². The van der Waals surface area contributed by atoms with Gasteiger partial charge in [-0.2, -0.15) is 15.0 Å². The molecule has 10 nitrogen and oxygen atoms in total. The van der Waals surface area contributed by atoms with Crippen molar-refractivity contribution >= 4 is 11.9 Å². The van der Waals surface area contributed by atoms with Gasteiger partial charge in [0, 0.05) is 7.05 Å². The first kappa shape index (κ1) is 13.9. The van der Waals surface area contributed by atoms with Crippen LogP contribution in [0.15, 0.2) is 6.33 Å². The predicted molar refractivity (Wildman–Crippen MR) is 71.8 cm³/mol. The van der Waals surface area contributed by atoms with Crippen LogP contribution in [0.25, 0.3) is 0 Å². The van der Waals surface area contributed by atoms with Gasteiger partial charge in [-0.25, -0.2) is 5.84 Å². The van der Waals surface area contributed by atoms with Crippen LogP contribution in [-0.4, -0.2) is 36.3 Å². The van der Waals surface area contributed by atoms with E-state index >= 15 is 0 Å². The minimum absolute atomic E-state index is 0.218. The summed E-state index contributed by atoms with van der Waals surface area (Å²) in [6.45, 7) is 2.95. The first-order valence-electron chi connectivity index (χ1n) is 6.15. The number of aromatic nitrogens is 6. The van der Waals surface area contributed by atoms with E-state index in [4.69, 9.17) is 10.6 Å². The Kier molecular flexibility index (Phi) is 4.60. The predicted octanol–water partition coefficient (Wildman–Crippen LogP) is -0.313. The third kappa shape index (κ3) is 3.51. The molecule has 20 heavy (non-hydrogen) atoms. The molecule has 2 rings (SSSR count). The van der Waals surface area contributed by atoms with E-state index in [1.54, 1.807) is 10.9 Å². The molecule has 4 N–H and O–H groups in total. The van der Waals surface area contributed by atoms with Gasteiger partial charge in [0.2, 0.25) is 11.9 Å². The molecule has 0 aliphatic rings. The summed E-state index contributed by atoms with van der Waals surface area (Å²) in [5.74, 6) is 6.65. The molecular formula is C10H17N9O. The van der Waals surface area contributed by atoms with E-state index < -0.39 is 0 Å². The van der Waals surface area contributed by atoms with Crippen LogP contribution in [0.4, 0.5) is 11.9 Å². The molecular weight excluding hydrogens is 262 g/mol. The van der Waals surface area contributed by atoms with Crippen molar-refractivity contribution in [1.29, 1.82) is 0 Å². The Morgan fingerprint density at radius 1 is 1.30 bits per heavy atom. The van der Waals surface area contributed by atoms with Crippen LogP contribution in [0.2, 0.25) is 0 Å². The molecule has 0 saturated carbocycles. The fraction of sp³-hybridized carbons (Fsp3) is 0.500. The first-order chi connectivity index (χ1) is 9.72. The molecule has 0 aliphatic heterocycles. The van der Waals surface area contributed by atoms with Crippen molar-refractivity contribution in [3.8, 4) is 6.01 Å². The normalized spacial score (nSPS) is 10.3. The molecule has 0 bridgehead atoms. The highest BCUT2D eigenvalue weighted by atomic mass is 16.5. The Bertz CT molecular complexity index is 555. The Balaban J connectivity index is 2.07. The molecule has 0 saturated heterocycles. The van der Waals surface area contributed by atoms with Crippen molar-refractivity contribution in [3.63, 3.8) is 0 Å². The van der Waals surface area contributed by atoms with Crippen molar-refractivity contribution in [2.24, 2.45) is 12.9 Å². The van der Waals surface area contributed by atoms with Gasteiger partial charge >= 0.3 is 6.01 Å². The Labute approximate surface area is 115 Å². The summed E-state index contributed by atoms with van der Waals surface area (Å²) in [7, 11) is 1.85. The molecule has 10 heteroatoms. The van der Waals surface area contributed by atoms with E-state index in [-0.39, 0.29) is 12.0 Å². The number of hydrogen-bond acceptors (Lipinski definition) is 9. The smallest absolute Gasteiger partial charge is 0.323 e. The maximum atomic E-state index is 5.37. The second kappa shape index (κ2) is 6.61. The summed E-state index contributed by atoms with van der Waals surface area (Å²) in [6.07, 6.45) is 2.48. The van der Waals surface area contributed by atoms with Gasteiger partial charge in [0.15, 0.2) is 5.82 Å². The molecule has 0 spiro atoms. The maximum absolute atomic E-state index is 5.37. The minimum Gasteiger partial charge on any atom is -0.463 e. The molecule has 0 amide bonds. The molecule has 0 fully saturated rings. The van der Waals surface area contributed by atoms with Gasteiger partial charge < -0.3 is 14.6 Å². The molecule has 0 aromatic carbocycles. The van der Waals surface area contributed by atoms with Crippen LogP contribution in [0.3, 0.4) is 0 Å². The summed E-state index contributed by atoms with van der Waals surface area (Å²) in [5.41, 5.74) is 2.37. The van der Waals surface area contributed by atoms with Crippen LogP contribution in [0.1, 0.15) is 19.2 Å². The molecule has 2 aromatic heterocycles. The highest BCUT2D eigenvalue weighted by molar-refractivity contribution is 5.34. The van der Waals surface area contributed by atoms with Crippen molar-refractivity contribution in [2.75, 3.05) is 17.3 Å². The number of rotatable bonds is 7. The van der Waals surface area contributed by atoms with Crippen molar-refractivity contribution in [1.82, 2.24) is 29.7 Å². The molecule has 0 atom stereocenters. The molecule has 108 valence electrons. The van der Waals surface area contributed by atoms with E-state index in [0.29, 0.717) is 19.1 Å². The molecule has 0 aliphatic carbocycles. The standard InChI is InChI=1S/C10H17N9O/c1-3-4-20-10-15-8(14-9(16-10)17-11)12-5-7-18-13-6-19(7)2/h6H,3-5,11H2,1-2H3,(H2,12,14,15,16,17).